The van der Waals surface area contributed by atoms with Crippen molar-refractivity contribution in [2.24, 2.45) is 0 Å². The van der Waals surface area contributed by atoms with Crippen molar-refractivity contribution in [1.29, 1.82) is 0 Å². The SMILES string of the molecule is C=C.Cc1nc(NC2CCN(C3CC3)CC2)c(C)c(-c2c(C)noc2C)n1.S.[HH]. The number of hydrogen-bond acceptors (Lipinski definition) is 6. The Kier molecular flexibility index (Phi) is 7.66. The van der Waals surface area contributed by atoms with Gasteiger partial charge in [-0.25, -0.2) is 9.97 Å². The second-order valence-corrected chi connectivity index (χ2v) is 7.48. The van der Waals surface area contributed by atoms with Gasteiger partial charge < -0.3 is 14.7 Å². The number of aromatic nitrogens is 3. The van der Waals surface area contributed by atoms with Crippen LogP contribution in [0.5, 0.6) is 0 Å². The average Bonchev–Trinajstić information content (AvgIpc) is 3.46. The van der Waals surface area contributed by atoms with E-state index < -0.39 is 0 Å². The lowest BCUT2D eigenvalue weighted by Gasteiger charge is -2.33. The van der Waals surface area contributed by atoms with Crippen LogP contribution in [0.3, 0.4) is 0 Å². The third-order valence-corrected chi connectivity index (χ3v) is 5.46. The normalized spacial score (nSPS) is 17.4. The Hall–Kier alpha value is -1.86. The van der Waals surface area contributed by atoms with Crippen LogP contribution in [0.1, 0.15) is 50.0 Å². The van der Waals surface area contributed by atoms with Gasteiger partial charge in [-0.2, -0.15) is 13.5 Å². The Bertz CT molecular complexity index is 781. The summed E-state index contributed by atoms with van der Waals surface area (Å²) >= 11 is 0. The minimum Gasteiger partial charge on any atom is -0.367 e. The first kappa shape index (κ1) is 22.4. The van der Waals surface area contributed by atoms with Crippen molar-refractivity contribution in [2.75, 3.05) is 18.4 Å². The molecule has 0 spiro atoms. The van der Waals surface area contributed by atoms with Gasteiger partial charge in [0.15, 0.2) is 0 Å². The van der Waals surface area contributed by atoms with Crippen molar-refractivity contribution in [1.82, 2.24) is 20.0 Å². The maximum absolute atomic E-state index is 5.34. The summed E-state index contributed by atoms with van der Waals surface area (Å²) in [5.41, 5.74) is 3.88. The summed E-state index contributed by atoms with van der Waals surface area (Å²) in [6.45, 7) is 16.3. The Morgan fingerprint density at radius 3 is 2.21 bits per heavy atom. The quantitative estimate of drug-likeness (QED) is 0.752. The first-order valence-electron chi connectivity index (χ1n) is 9.82. The molecule has 0 aromatic carbocycles. The molecule has 1 saturated heterocycles. The molecule has 0 unspecified atom stereocenters. The van der Waals surface area contributed by atoms with Crippen LogP contribution in [0.4, 0.5) is 5.82 Å². The van der Waals surface area contributed by atoms with Gasteiger partial charge in [-0.3, -0.25) is 0 Å². The highest BCUT2D eigenvalue weighted by Crippen LogP contribution is 2.33. The molecule has 1 aliphatic carbocycles. The van der Waals surface area contributed by atoms with Crippen molar-refractivity contribution in [3.63, 3.8) is 0 Å². The van der Waals surface area contributed by atoms with Crippen LogP contribution in [0.2, 0.25) is 0 Å². The molecule has 0 radical (unpaired) electrons. The van der Waals surface area contributed by atoms with Crippen LogP contribution >= 0.6 is 13.5 Å². The highest BCUT2D eigenvalue weighted by molar-refractivity contribution is 7.59. The second-order valence-electron chi connectivity index (χ2n) is 7.48. The van der Waals surface area contributed by atoms with E-state index in [1.165, 1.54) is 38.8 Å². The predicted molar refractivity (Wildman–Crippen MR) is 121 cm³/mol. The molecule has 0 atom stereocenters. The van der Waals surface area contributed by atoms with Gasteiger partial charge in [0.1, 0.15) is 17.4 Å². The van der Waals surface area contributed by atoms with E-state index in [2.05, 4.69) is 45.4 Å². The van der Waals surface area contributed by atoms with Crippen LogP contribution < -0.4 is 5.32 Å². The Morgan fingerprint density at radius 1 is 1.04 bits per heavy atom. The summed E-state index contributed by atoms with van der Waals surface area (Å²) in [5.74, 6) is 2.54. The molecule has 1 N–H and O–H groups in total. The number of nitrogens with zero attached hydrogens (tertiary/aromatic N) is 4. The van der Waals surface area contributed by atoms with Gasteiger partial charge in [-0.05, 0) is 53.4 Å². The first-order valence-corrected chi connectivity index (χ1v) is 9.82. The fourth-order valence-corrected chi connectivity index (χ4v) is 3.88. The van der Waals surface area contributed by atoms with Crippen molar-refractivity contribution < 1.29 is 5.95 Å². The summed E-state index contributed by atoms with van der Waals surface area (Å²) < 4.78 is 5.34. The number of nitrogens with one attached hydrogen (secondary N) is 1. The minimum atomic E-state index is 0. The lowest BCUT2D eigenvalue weighted by Crippen LogP contribution is -2.40. The summed E-state index contributed by atoms with van der Waals surface area (Å²) in [7, 11) is 0. The van der Waals surface area contributed by atoms with E-state index in [4.69, 9.17) is 4.52 Å². The van der Waals surface area contributed by atoms with E-state index in [0.717, 1.165) is 46.0 Å². The van der Waals surface area contributed by atoms with E-state index >= 15 is 0 Å². The average molecular weight is 406 g/mol. The zero-order valence-electron chi connectivity index (χ0n) is 17.5. The van der Waals surface area contributed by atoms with Crippen LogP contribution in [-0.4, -0.2) is 45.2 Å². The monoisotopic (exact) mass is 405 g/mol. The number of likely N-dealkylation sites (tertiary alicyclic amines) is 1. The number of hydrogen-bond donors (Lipinski definition) is 1. The Balaban J connectivity index is 0.00000102. The molecule has 4 rings (SSSR count). The highest BCUT2D eigenvalue weighted by Gasteiger charge is 2.32. The molecule has 2 aromatic heterocycles. The predicted octanol–water partition coefficient (Wildman–Crippen LogP) is 4.56. The molecule has 3 heterocycles. The van der Waals surface area contributed by atoms with Gasteiger partial charge in [-0.15, -0.1) is 13.2 Å². The van der Waals surface area contributed by atoms with Crippen molar-refractivity contribution in [3.8, 4) is 11.3 Å². The first-order chi connectivity index (χ1) is 13.0. The molecule has 2 aromatic rings. The fraction of sp³-hybridized carbons (Fsp3) is 0.571. The summed E-state index contributed by atoms with van der Waals surface area (Å²) in [4.78, 5) is 12.0. The summed E-state index contributed by atoms with van der Waals surface area (Å²) in [5, 5.41) is 7.76. The molecule has 2 aliphatic rings. The van der Waals surface area contributed by atoms with Crippen LogP contribution in [0.15, 0.2) is 17.7 Å². The van der Waals surface area contributed by atoms with Gasteiger partial charge >= 0.3 is 0 Å². The molecule has 1 saturated carbocycles. The number of anilines is 1. The largest absolute Gasteiger partial charge is 0.367 e. The van der Waals surface area contributed by atoms with E-state index in [9.17, 15) is 0 Å². The molecule has 0 amide bonds. The van der Waals surface area contributed by atoms with Crippen molar-refractivity contribution in [2.45, 2.75) is 65.5 Å². The minimum absolute atomic E-state index is 0. The zero-order chi connectivity index (χ0) is 19.6. The van der Waals surface area contributed by atoms with Gasteiger partial charge in [-0.1, -0.05) is 5.16 Å². The Labute approximate surface area is 176 Å². The number of piperidine rings is 1. The third-order valence-electron chi connectivity index (χ3n) is 5.46. The van der Waals surface area contributed by atoms with Crippen LogP contribution in [-0.2, 0) is 0 Å². The number of rotatable bonds is 4. The van der Waals surface area contributed by atoms with E-state index in [-0.39, 0.29) is 14.9 Å². The standard InChI is InChI=1S/C19H27N5O.C2H4.H2S.H2/c1-11-18(17-12(2)23-25-13(17)3)20-14(4)21-19(11)22-15-7-9-24(10-8-15)16-5-6-16;1-2;;/h15-16H,5-10H2,1-4H3,(H,20,21,22);1-2H2;1H2;1H. The van der Waals surface area contributed by atoms with E-state index in [1.807, 2.05) is 20.8 Å². The van der Waals surface area contributed by atoms with Crippen molar-refractivity contribution >= 4 is 19.3 Å². The van der Waals surface area contributed by atoms with Crippen LogP contribution in [0.25, 0.3) is 11.3 Å². The molecular weight excluding hydrogens is 370 g/mol. The third kappa shape index (κ3) is 4.75. The summed E-state index contributed by atoms with van der Waals surface area (Å²) in [6.07, 6.45) is 5.14. The molecule has 28 heavy (non-hydrogen) atoms. The van der Waals surface area contributed by atoms with Gasteiger partial charge in [0.2, 0.25) is 0 Å². The lowest BCUT2D eigenvalue weighted by atomic mass is 10.0. The maximum Gasteiger partial charge on any atom is 0.143 e. The molecule has 6 nitrogen and oxygen atoms in total. The van der Waals surface area contributed by atoms with Gasteiger partial charge in [0, 0.05) is 32.2 Å². The molecule has 1 aliphatic heterocycles. The zero-order valence-corrected chi connectivity index (χ0v) is 18.5. The molecular formula is C21H35N5OS. The van der Waals surface area contributed by atoms with E-state index in [1.54, 1.807) is 0 Å². The number of aryl methyl sites for hydroxylation is 3. The smallest absolute Gasteiger partial charge is 0.143 e. The molecule has 0 bridgehead atoms. The van der Waals surface area contributed by atoms with Gasteiger partial charge in [0.05, 0.1) is 17.0 Å². The lowest BCUT2D eigenvalue weighted by molar-refractivity contribution is 0.210. The van der Waals surface area contributed by atoms with E-state index in [0.29, 0.717) is 6.04 Å². The molecule has 7 heteroatoms. The topological polar surface area (TPSA) is 67.1 Å². The fourth-order valence-electron chi connectivity index (χ4n) is 3.88. The van der Waals surface area contributed by atoms with Crippen molar-refractivity contribution in [3.05, 3.63) is 36.0 Å². The Morgan fingerprint density at radius 2 is 1.68 bits per heavy atom. The highest BCUT2D eigenvalue weighted by atomic mass is 32.1. The molecule has 2 fully saturated rings. The second kappa shape index (κ2) is 9.56. The maximum atomic E-state index is 5.34. The van der Waals surface area contributed by atoms with Crippen LogP contribution in [0, 0.1) is 27.7 Å². The molecule has 156 valence electrons. The van der Waals surface area contributed by atoms with Gasteiger partial charge in [0.25, 0.3) is 0 Å². The summed E-state index contributed by atoms with van der Waals surface area (Å²) in [6, 6.07) is 1.36.